The van der Waals surface area contributed by atoms with Crippen LogP contribution in [0.4, 0.5) is 4.79 Å². The summed E-state index contributed by atoms with van der Waals surface area (Å²) in [5.74, 6) is 0. The molecule has 1 aromatic heterocycles. The van der Waals surface area contributed by atoms with Crippen LogP contribution in [-0.2, 0) is 0 Å². The number of nitriles is 1. The largest absolute Gasteiger partial charge is 0.363 e. The number of nitrogens with zero attached hydrogens (tertiary/aromatic N) is 2. The van der Waals surface area contributed by atoms with Crippen molar-refractivity contribution in [3.05, 3.63) is 24.0 Å². The van der Waals surface area contributed by atoms with Crippen molar-refractivity contribution < 1.29 is 4.79 Å². The molecule has 1 aromatic rings. The molecule has 1 unspecified atom stereocenters. The molecule has 2 rings (SSSR count). The van der Waals surface area contributed by atoms with Crippen molar-refractivity contribution in [1.29, 1.82) is 5.26 Å². The lowest BCUT2D eigenvalue weighted by atomic mass is 10.2. The summed E-state index contributed by atoms with van der Waals surface area (Å²) in [4.78, 5) is 16.2. The first-order chi connectivity index (χ1) is 7.31. The van der Waals surface area contributed by atoms with Gasteiger partial charge in [0.2, 0.25) is 0 Å². The zero-order valence-corrected chi connectivity index (χ0v) is 8.23. The highest BCUT2D eigenvalue weighted by atomic mass is 16.2. The Balaban J connectivity index is 1.98. The first kappa shape index (κ1) is 9.59. The topological polar surface area (TPSA) is 71.9 Å². The van der Waals surface area contributed by atoms with Gasteiger partial charge in [-0.2, -0.15) is 5.26 Å². The lowest BCUT2D eigenvalue weighted by Gasteiger charge is -2.11. The van der Waals surface area contributed by atoms with Crippen LogP contribution in [0.15, 0.2) is 18.3 Å². The van der Waals surface area contributed by atoms with Gasteiger partial charge in [-0.25, -0.2) is 4.79 Å². The maximum atomic E-state index is 11.5. The van der Waals surface area contributed by atoms with Crippen LogP contribution in [0.1, 0.15) is 18.2 Å². The lowest BCUT2D eigenvalue weighted by molar-refractivity contribution is 0.218. The SMILES string of the molecule is N#CCCN1CC(c2ccc[nH]2)NC1=O. The van der Waals surface area contributed by atoms with Crippen molar-refractivity contribution in [1.82, 2.24) is 15.2 Å². The zero-order chi connectivity index (χ0) is 10.7. The van der Waals surface area contributed by atoms with Crippen molar-refractivity contribution >= 4 is 6.03 Å². The summed E-state index contributed by atoms with van der Waals surface area (Å²) >= 11 is 0. The number of nitrogens with one attached hydrogen (secondary N) is 2. The number of carbonyl (C=O) groups is 1. The maximum absolute atomic E-state index is 11.5. The van der Waals surface area contributed by atoms with Gasteiger partial charge in [0, 0.05) is 25.0 Å². The summed E-state index contributed by atoms with van der Waals surface area (Å²) in [5, 5.41) is 11.3. The molecule has 2 heterocycles. The van der Waals surface area contributed by atoms with E-state index in [1.54, 1.807) is 4.90 Å². The van der Waals surface area contributed by atoms with E-state index in [-0.39, 0.29) is 12.1 Å². The van der Waals surface area contributed by atoms with Crippen LogP contribution in [0, 0.1) is 11.3 Å². The fraction of sp³-hybridized carbons (Fsp3) is 0.400. The van der Waals surface area contributed by atoms with E-state index in [0.717, 1.165) is 5.69 Å². The molecule has 15 heavy (non-hydrogen) atoms. The third-order valence-electron chi connectivity index (χ3n) is 2.48. The van der Waals surface area contributed by atoms with E-state index in [9.17, 15) is 4.79 Å². The Morgan fingerprint density at radius 2 is 2.53 bits per heavy atom. The number of hydrogen-bond donors (Lipinski definition) is 2. The Bertz CT molecular complexity index is 379. The summed E-state index contributed by atoms with van der Waals surface area (Å²) < 4.78 is 0. The first-order valence-corrected chi connectivity index (χ1v) is 4.87. The maximum Gasteiger partial charge on any atom is 0.318 e. The molecule has 5 nitrogen and oxygen atoms in total. The van der Waals surface area contributed by atoms with Gasteiger partial charge in [0.25, 0.3) is 0 Å². The number of aromatic amines is 1. The molecule has 0 saturated carbocycles. The van der Waals surface area contributed by atoms with E-state index < -0.39 is 0 Å². The zero-order valence-electron chi connectivity index (χ0n) is 8.23. The number of carbonyl (C=O) groups excluding carboxylic acids is 1. The number of H-pyrrole nitrogens is 1. The molecule has 1 saturated heterocycles. The number of amides is 2. The van der Waals surface area contributed by atoms with Gasteiger partial charge in [-0.1, -0.05) is 0 Å². The number of rotatable bonds is 3. The van der Waals surface area contributed by atoms with Crippen LogP contribution in [-0.4, -0.2) is 29.0 Å². The Kier molecular flexibility index (Phi) is 2.59. The van der Waals surface area contributed by atoms with Gasteiger partial charge in [-0.05, 0) is 12.1 Å². The molecular formula is C10H12N4O. The van der Waals surface area contributed by atoms with Crippen LogP contribution < -0.4 is 5.32 Å². The van der Waals surface area contributed by atoms with E-state index in [2.05, 4.69) is 10.3 Å². The van der Waals surface area contributed by atoms with Gasteiger partial charge in [-0.3, -0.25) is 0 Å². The molecule has 1 fully saturated rings. The lowest BCUT2D eigenvalue weighted by Crippen LogP contribution is -2.28. The molecule has 2 amide bonds. The molecule has 78 valence electrons. The molecule has 1 aliphatic heterocycles. The second-order valence-corrected chi connectivity index (χ2v) is 3.48. The average molecular weight is 204 g/mol. The standard InChI is InChI=1S/C10H12N4O/c11-4-2-6-14-7-9(13-10(14)15)8-3-1-5-12-8/h1,3,5,9,12H,2,6-7H2,(H,13,15). The molecule has 0 aromatic carbocycles. The summed E-state index contributed by atoms with van der Waals surface area (Å²) in [6.45, 7) is 1.13. The highest BCUT2D eigenvalue weighted by molar-refractivity contribution is 5.77. The van der Waals surface area contributed by atoms with E-state index in [4.69, 9.17) is 5.26 Å². The summed E-state index contributed by atoms with van der Waals surface area (Å²) in [6.07, 6.45) is 2.21. The van der Waals surface area contributed by atoms with Crippen molar-refractivity contribution in [2.75, 3.05) is 13.1 Å². The second kappa shape index (κ2) is 4.05. The van der Waals surface area contributed by atoms with Crippen molar-refractivity contribution in [2.45, 2.75) is 12.5 Å². The van der Waals surface area contributed by atoms with Crippen molar-refractivity contribution in [2.24, 2.45) is 0 Å². The Morgan fingerprint density at radius 1 is 1.67 bits per heavy atom. The Morgan fingerprint density at radius 3 is 3.20 bits per heavy atom. The quantitative estimate of drug-likeness (QED) is 0.770. The molecule has 2 N–H and O–H groups in total. The predicted molar refractivity (Wildman–Crippen MR) is 53.9 cm³/mol. The molecule has 0 aliphatic carbocycles. The monoisotopic (exact) mass is 204 g/mol. The first-order valence-electron chi connectivity index (χ1n) is 4.87. The van der Waals surface area contributed by atoms with Crippen LogP contribution in [0.25, 0.3) is 0 Å². The second-order valence-electron chi connectivity index (χ2n) is 3.48. The summed E-state index contributed by atoms with van der Waals surface area (Å²) in [5.41, 5.74) is 1.00. The summed E-state index contributed by atoms with van der Waals surface area (Å²) in [6, 6.07) is 5.81. The van der Waals surface area contributed by atoms with Gasteiger partial charge in [-0.15, -0.1) is 0 Å². The van der Waals surface area contributed by atoms with Gasteiger partial charge >= 0.3 is 6.03 Å². The fourth-order valence-electron chi connectivity index (χ4n) is 1.70. The fourth-order valence-corrected chi connectivity index (χ4v) is 1.70. The van der Waals surface area contributed by atoms with Crippen LogP contribution in [0.2, 0.25) is 0 Å². The number of hydrogen-bond acceptors (Lipinski definition) is 2. The molecular weight excluding hydrogens is 192 g/mol. The highest BCUT2D eigenvalue weighted by Gasteiger charge is 2.29. The van der Waals surface area contributed by atoms with Crippen LogP contribution in [0.5, 0.6) is 0 Å². The average Bonchev–Trinajstić information content (AvgIpc) is 2.83. The minimum atomic E-state index is -0.0927. The number of urea groups is 1. The molecule has 0 spiro atoms. The smallest absolute Gasteiger partial charge is 0.318 e. The van der Waals surface area contributed by atoms with Gasteiger partial charge in [0.1, 0.15) is 0 Å². The molecule has 5 heteroatoms. The van der Waals surface area contributed by atoms with Gasteiger partial charge in [0.05, 0.1) is 18.5 Å². The minimum Gasteiger partial charge on any atom is -0.363 e. The molecule has 0 bridgehead atoms. The molecule has 1 aliphatic rings. The van der Waals surface area contributed by atoms with Gasteiger partial charge < -0.3 is 15.2 Å². The minimum absolute atomic E-state index is 0.0196. The van der Waals surface area contributed by atoms with Crippen molar-refractivity contribution in [3.63, 3.8) is 0 Å². The van der Waals surface area contributed by atoms with E-state index in [1.807, 2.05) is 24.4 Å². The van der Waals surface area contributed by atoms with Gasteiger partial charge in [0.15, 0.2) is 0 Å². The molecule has 1 atom stereocenters. The Hall–Kier alpha value is -1.96. The third-order valence-corrected chi connectivity index (χ3v) is 2.48. The third kappa shape index (κ3) is 1.94. The van der Waals surface area contributed by atoms with Crippen LogP contribution >= 0.6 is 0 Å². The Labute approximate surface area is 87.7 Å². The van der Waals surface area contributed by atoms with Crippen molar-refractivity contribution in [3.8, 4) is 6.07 Å². The van der Waals surface area contributed by atoms with E-state index >= 15 is 0 Å². The normalized spacial score (nSPS) is 20.1. The summed E-state index contributed by atoms with van der Waals surface area (Å²) in [7, 11) is 0. The van der Waals surface area contributed by atoms with E-state index in [1.165, 1.54) is 0 Å². The molecule has 0 radical (unpaired) electrons. The predicted octanol–water partition coefficient (Wildman–Crippen LogP) is 0.995. The van der Waals surface area contributed by atoms with E-state index in [0.29, 0.717) is 19.5 Å². The number of aromatic nitrogens is 1. The highest BCUT2D eigenvalue weighted by Crippen LogP contribution is 2.18. The van der Waals surface area contributed by atoms with Crippen LogP contribution in [0.3, 0.4) is 0 Å².